The molecular formula is C22H24N2O6. The van der Waals surface area contributed by atoms with Crippen LogP contribution < -0.4 is 10.1 Å². The number of methoxy groups -OCH3 is 2. The van der Waals surface area contributed by atoms with Gasteiger partial charge < -0.3 is 9.47 Å². The zero-order valence-electron chi connectivity index (χ0n) is 16.8. The van der Waals surface area contributed by atoms with Crippen molar-refractivity contribution in [3.63, 3.8) is 0 Å². The molecule has 0 amide bonds. The lowest BCUT2D eigenvalue weighted by molar-refractivity contribution is -0.152. The largest absolute Gasteiger partial charge is 0.467 e. The first-order valence-electron chi connectivity index (χ1n) is 9.80. The summed E-state index contributed by atoms with van der Waals surface area (Å²) < 4.78 is 9.82. The fourth-order valence-corrected chi connectivity index (χ4v) is 3.97. The molecule has 2 aliphatic rings. The smallest absolute Gasteiger partial charge is 0.337 e. The Morgan fingerprint density at radius 2 is 1.10 bits per heavy atom. The van der Waals surface area contributed by atoms with Crippen molar-refractivity contribution in [2.75, 3.05) is 24.3 Å². The van der Waals surface area contributed by atoms with Crippen molar-refractivity contribution in [3.8, 4) is 0 Å². The molecule has 0 radical (unpaired) electrons. The summed E-state index contributed by atoms with van der Waals surface area (Å²) in [5.41, 5.74) is 1.62. The molecule has 158 valence electrons. The molecule has 8 heteroatoms. The van der Waals surface area contributed by atoms with E-state index in [1.165, 1.54) is 14.2 Å². The summed E-state index contributed by atoms with van der Waals surface area (Å²) in [5, 5.41) is 3.45. The molecule has 0 N–H and O–H groups in total. The summed E-state index contributed by atoms with van der Waals surface area (Å²) >= 11 is 0. The number of rotatable bonds is 5. The highest BCUT2D eigenvalue weighted by Gasteiger charge is 2.50. The van der Waals surface area contributed by atoms with Gasteiger partial charge in [0.1, 0.15) is 0 Å². The molecule has 30 heavy (non-hydrogen) atoms. The van der Waals surface area contributed by atoms with Crippen molar-refractivity contribution in [3.05, 3.63) is 60.7 Å². The van der Waals surface area contributed by atoms with E-state index in [0.29, 0.717) is 12.8 Å². The number of ether oxygens (including phenoxy) is 2. The number of para-hydroxylation sites is 2. The second-order valence-corrected chi connectivity index (χ2v) is 7.16. The summed E-state index contributed by atoms with van der Waals surface area (Å²) in [6.45, 7) is 0. The van der Waals surface area contributed by atoms with E-state index in [1.807, 2.05) is 60.7 Å². The van der Waals surface area contributed by atoms with E-state index in [0.717, 1.165) is 11.4 Å². The Bertz CT molecular complexity index is 804. The molecule has 2 heterocycles. The Hall–Kier alpha value is -3.10. The van der Waals surface area contributed by atoms with Crippen LogP contribution in [-0.4, -0.2) is 50.4 Å². The molecule has 8 nitrogen and oxygen atoms in total. The van der Waals surface area contributed by atoms with Crippen molar-refractivity contribution >= 4 is 23.3 Å². The lowest BCUT2D eigenvalue weighted by atomic mass is 9.97. The molecule has 2 saturated heterocycles. The summed E-state index contributed by atoms with van der Waals surface area (Å²) in [5.74, 6) is -0.874. The number of hydrogen-bond acceptors (Lipinski definition) is 8. The minimum Gasteiger partial charge on any atom is -0.467 e. The van der Waals surface area contributed by atoms with E-state index in [2.05, 4.69) is 0 Å². The summed E-state index contributed by atoms with van der Waals surface area (Å²) in [6, 6.07) is 18.6. The van der Waals surface area contributed by atoms with Crippen LogP contribution in [0.4, 0.5) is 11.4 Å². The predicted molar refractivity (Wildman–Crippen MR) is 108 cm³/mol. The Kier molecular flexibility index (Phi) is 5.87. The van der Waals surface area contributed by atoms with Gasteiger partial charge in [-0.2, -0.15) is 0 Å². The molecular weight excluding hydrogens is 388 g/mol. The predicted octanol–water partition coefficient (Wildman–Crippen LogP) is 2.49. The van der Waals surface area contributed by atoms with Gasteiger partial charge in [-0.3, -0.25) is 9.68 Å². The number of carbonyl (C=O) groups is 2. The lowest BCUT2D eigenvalue weighted by Crippen LogP contribution is -2.45. The van der Waals surface area contributed by atoms with Crippen molar-refractivity contribution in [2.24, 2.45) is 0 Å². The fourth-order valence-electron chi connectivity index (χ4n) is 3.97. The Balaban J connectivity index is 1.69. The minimum atomic E-state index is -0.741. The Morgan fingerprint density at radius 3 is 1.43 bits per heavy atom. The molecule has 2 aromatic rings. The Morgan fingerprint density at radius 1 is 0.733 bits per heavy atom. The SMILES string of the molecule is COC(=O)[C@@H]1C[C@H]([C@@H]2C[C@H](C(=O)OC)ON2c2ccccc2)N(c2ccccc2)O1. The molecule has 0 aliphatic carbocycles. The average Bonchev–Trinajstić information content (AvgIpc) is 3.44. The molecule has 4 atom stereocenters. The normalized spacial score (nSPS) is 25.9. The quantitative estimate of drug-likeness (QED) is 0.694. The molecule has 2 aromatic carbocycles. The van der Waals surface area contributed by atoms with Crippen molar-refractivity contribution < 1.29 is 28.7 Å². The van der Waals surface area contributed by atoms with Crippen LogP contribution in [0.15, 0.2) is 60.7 Å². The molecule has 2 aliphatic heterocycles. The van der Waals surface area contributed by atoms with Crippen molar-refractivity contribution in [2.45, 2.75) is 37.1 Å². The lowest BCUT2D eigenvalue weighted by Gasteiger charge is -2.33. The third-order valence-electron chi connectivity index (χ3n) is 5.39. The summed E-state index contributed by atoms with van der Waals surface area (Å²) in [7, 11) is 2.68. The second kappa shape index (κ2) is 8.73. The van der Waals surface area contributed by atoms with Gasteiger partial charge in [-0.1, -0.05) is 36.4 Å². The molecule has 0 saturated carbocycles. The topological polar surface area (TPSA) is 77.5 Å². The maximum atomic E-state index is 12.2. The van der Waals surface area contributed by atoms with Crippen molar-refractivity contribution in [1.82, 2.24) is 0 Å². The number of hydrogen-bond donors (Lipinski definition) is 0. The molecule has 0 unspecified atom stereocenters. The Labute approximate surface area is 174 Å². The van der Waals surface area contributed by atoms with Crippen LogP contribution in [0.5, 0.6) is 0 Å². The van der Waals surface area contributed by atoms with E-state index in [-0.39, 0.29) is 12.1 Å². The molecule has 0 spiro atoms. The van der Waals surface area contributed by atoms with E-state index in [9.17, 15) is 9.59 Å². The minimum absolute atomic E-state index is 0.258. The summed E-state index contributed by atoms with van der Waals surface area (Å²) in [4.78, 5) is 36.4. The highest BCUT2D eigenvalue weighted by Crippen LogP contribution is 2.38. The first-order chi connectivity index (χ1) is 14.6. The first kappa shape index (κ1) is 20.2. The zero-order valence-corrected chi connectivity index (χ0v) is 16.8. The fraction of sp³-hybridized carbons (Fsp3) is 0.364. The summed E-state index contributed by atoms with van der Waals surface area (Å²) in [6.07, 6.45) is -0.690. The molecule has 0 aromatic heterocycles. The number of nitrogens with zero attached hydrogens (tertiary/aromatic N) is 2. The third-order valence-corrected chi connectivity index (χ3v) is 5.39. The number of anilines is 2. The maximum Gasteiger partial charge on any atom is 0.337 e. The molecule has 4 rings (SSSR count). The highest BCUT2D eigenvalue weighted by atomic mass is 16.7. The number of hydroxylamine groups is 2. The van der Waals surface area contributed by atoms with Crippen LogP contribution in [0.3, 0.4) is 0 Å². The van der Waals surface area contributed by atoms with Gasteiger partial charge in [-0.25, -0.2) is 19.7 Å². The van der Waals surface area contributed by atoms with E-state index in [4.69, 9.17) is 19.1 Å². The number of esters is 2. The van der Waals surface area contributed by atoms with E-state index in [1.54, 1.807) is 10.1 Å². The van der Waals surface area contributed by atoms with Gasteiger partial charge in [0.15, 0.2) is 12.2 Å². The highest BCUT2D eigenvalue weighted by molar-refractivity contribution is 5.77. The maximum absolute atomic E-state index is 12.2. The van der Waals surface area contributed by atoms with Gasteiger partial charge in [0.05, 0.1) is 37.7 Å². The van der Waals surface area contributed by atoms with Gasteiger partial charge in [0.25, 0.3) is 0 Å². The second-order valence-electron chi connectivity index (χ2n) is 7.16. The van der Waals surface area contributed by atoms with Gasteiger partial charge in [0, 0.05) is 12.8 Å². The van der Waals surface area contributed by atoms with Crippen LogP contribution in [-0.2, 0) is 28.7 Å². The van der Waals surface area contributed by atoms with Gasteiger partial charge in [-0.05, 0) is 24.3 Å². The molecule has 0 bridgehead atoms. The third kappa shape index (κ3) is 3.83. The van der Waals surface area contributed by atoms with E-state index >= 15 is 0 Å². The van der Waals surface area contributed by atoms with Crippen LogP contribution in [0.25, 0.3) is 0 Å². The van der Waals surface area contributed by atoms with Crippen LogP contribution in [0, 0.1) is 0 Å². The zero-order chi connectivity index (χ0) is 21.1. The first-order valence-corrected chi connectivity index (χ1v) is 9.80. The van der Waals surface area contributed by atoms with Crippen LogP contribution >= 0.6 is 0 Å². The monoisotopic (exact) mass is 412 g/mol. The van der Waals surface area contributed by atoms with E-state index < -0.39 is 24.1 Å². The average molecular weight is 412 g/mol. The van der Waals surface area contributed by atoms with Gasteiger partial charge in [-0.15, -0.1) is 0 Å². The van der Waals surface area contributed by atoms with Gasteiger partial charge >= 0.3 is 11.9 Å². The van der Waals surface area contributed by atoms with Crippen LogP contribution in [0.2, 0.25) is 0 Å². The standard InChI is InChI=1S/C22H24N2O6/c1-27-21(25)19-13-17(23(29-19)15-9-5-3-6-10-15)18-14-20(22(26)28-2)30-24(18)16-11-7-4-8-12-16/h3-12,17-20H,13-14H2,1-2H3/t17-,18+,19+,20-. The number of carbonyl (C=O) groups excluding carboxylic acids is 2. The molecule has 2 fully saturated rings. The van der Waals surface area contributed by atoms with Gasteiger partial charge in [0.2, 0.25) is 0 Å². The number of benzene rings is 2. The van der Waals surface area contributed by atoms with Crippen molar-refractivity contribution in [1.29, 1.82) is 0 Å². The van der Waals surface area contributed by atoms with Crippen LogP contribution in [0.1, 0.15) is 12.8 Å².